The van der Waals surface area contributed by atoms with E-state index in [4.69, 9.17) is 0 Å². The van der Waals surface area contributed by atoms with Gasteiger partial charge in [0.25, 0.3) is 5.56 Å². The van der Waals surface area contributed by atoms with Crippen molar-refractivity contribution < 1.29 is 4.79 Å². The molecule has 0 aromatic carbocycles. The highest BCUT2D eigenvalue weighted by Gasteiger charge is 2.27. The van der Waals surface area contributed by atoms with Gasteiger partial charge in [-0.05, 0) is 12.8 Å². The summed E-state index contributed by atoms with van der Waals surface area (Å²) in [7, 11) is 0. The van der Waals surface area contributed by atoms with Crippen molar-refractivity contribution in [1.29, 1.82) is 0 Å². The molecule has 0 radical (unpaired) electrons. The van der Waals surface area contributed by atoms with E-state index in [2.05, 4.69) is 10.3 Å². The maximum absolute atomic E-state index is 12.8. The van der Waals surface area contributed by atoms with Gasteiger partial charge in [-0.2, -0.15) is 0 Å². The van der Waals surface area contributed by atoms with Crippen LogP contribution < -0.4 is 10.9 Å². The Morgan fingerprint density at radius 2 is 1.65 bits per heavy atom. The minimum Gasteiger partial charge on any atom is -0.353 e. The topological polar surface area (TPSA) is 64.0 Å². The lowest BCUT2D eigenvalue weighted by Gasteiger charge is -2.26. The molecule has 2 heterocycles. The summed E-state index contributed by atoms with van der Waals surface area (Å²) in [6, 6.07) is 1.76. The van der Waals surface area contributed by atoms with E-state index in [1.807, 2.05) is 0 Å². The van der Waals surface area contributed by atoms with Gasteiger partial charge in [-0.15, -0.1) is 0 Å². The molecule has 1 aliphatic heterocycles. The third kappa shape index (κ3) is 5.60. The molecule has 0 saturated heterocycles. The van der Waals surface area contributed by atoms with Crippen molar-refractivity contribution in [3.05, 3.63) is 22.6 Å². The van der Waals surface area contributed by atoms with Gasteiger partial charge in [0.15, 0.2) is 5.16 Å². The normalized spacial score (nSPS) is 23.3. The Balaban J connectivity index is 1.55. The van der Waals surface area contributed by atoms with E-state index >= 15 is 0 Å². The van der Waals surface area contributed by atoms with E-state index in [0.717, 1.165) is 18.0 Å². The summed E-state index contributed by atoms with van der Waals surface area (Å²) in [4.78, 5) is 29.1. The Hall–Kier alpha value is -1.30. The molecule has 26 heavy (non-hydrogen) atoms. The molecule has 6 heteroatoms. The largest absolute Gasteiger partial charge is 0.353 e. The molecule has 1 aromatic rings. The van der Waals surface area contributed by atoms with Crippen LogP contribution in [0.2, 0.25) is 0 Å². The Morgan fingerprint density at radius 3 is 2.31 bits per heavy atom. The maximum atomic E-state index is 12.8. The van der Waals surface area contributed by atoms with Crippen molar-refractivity contribution in [2.24, 2.45) is 5.92 Å². The van der Waals surface area contributed by atoms with Crippen LogP contribution in [0.5, 0.6) is 0 Å². The smallest absolute Gasteiger partial charge is 0.254 e. The second-order valence-corrected chi connectivity index (χ2v) is 8.64. The van der Waals surface area contributed by atoms with Crippen molar-refractivity contribution >= 4 is 17.7 Å². The zero-order valence-corrected chi connectivity index (χ0v) is 16.4. The molecule has 1 amide bonds. The van der Waals surface area contributed by atoms with E-state index < -0.39 is 0 Å². The van der Waals surface area contributed by atoms with Crippen LogP contribution in [0.4, 0.5) is 0 Å². The number of carbonyl (C=O) groups is 1. The average molecular weight is 378 g/mol. The van der Waals surface area contributed by atoms with Crippen LogP contribution in [0.1, 0.15) is 70.6 Å². The standard InChI is InChI=1S/C20H31N3O2S/c24-18-12-13-21-20-23(18)14-16(15-26-20)19(25)22-17-10-8-6-4-2-1-3-5-7-9-11-17/h12-13,16-17H,1-11,14-15H2,(H,22,25). The number of hydrogen-bond acceptors (Lipinski definition) is 4. The summed E-state index contributed by atoms with van der Waals surface area (Å²) in [5.74, 6) is 0.668. The van der Waals surface area contributed by atoms with Gasteiger partial charge in [0.1, 0.15) is 0 Å². The highest BCUT2D eigenvalue weighted by molar-refractivity contribution is 7.99. The van der Waals surface area contributed by atoms with E-state index in [1.54, 1.807) is 10.8 Å². The van der Waals surface area contributed by atoms with Gasteiger partial charge in [0.2, 0.25) is 5.91 Å². The van der Waals surface area contributed by atoms with Gasteiger partial charge in [0, 0.05) is 30.6 Å². The number of fused-ring (bicyclic) bond motifs is 1. The first-order valence-electron chi connectivity index (χ1n) is 10.2. The third-order valence-electron chi connectivity index (χ3n) is 5.54. The van der Waals surface area contributed by atoms with E-state index in [-0.39, 0.29) is 17.4 Å². The summed E-state index contributed by atoms with van der Waals surface area (Å²) < 4.78 is 1.64. The second kappa shape index (κ2) is 10.1. The molecule has 144 valence electrons. The fourth-order valence-corrected chi connectivity index (χ4v) is 5.00. The van der Waals surface area contributed by atoms with Crippen LogP contribution in [0.25, 0.3) is 0 Å². The minimum atomic E-state index is -0.143. The third-order valence-corrected chi connectivity index (χ3v) is 6.69. The van der Waals surface area contributed by atoms with E-state index in [1.165, 1.54) is 75.6 Å². The molecule has 1 aliphatic carbocycles. The number of thioether (sulfide) groups is 1. The lowest BCUT2D eigenvalue weighted by Crippen LogP contribution is -2.43. The molecule has 1 fully saturated rings. The lowest BCUT2D eigenvalue weighted by atomic mass is 9.97. The Bertz CT molecular complexity index is 634. The van der Waals surface area contributed by atoms with Crippen LogP contribution in [0.15, 0.2) is 22.2 Å². The van der Waals surface area contributed by atoms with Crippen LogP contribution in [-0.2, 0) is 11.3 Å². The molecular formula is C20H31N3O2S. The zero-order valence-electron chi connectivity index (χ0n) is 15.6. The van der Waals surface area contributed by atoms with Crippen LogP contribution in [-0.4, -0.2) is 27.3 Å². The molecule has 1 saturated carbocycles. The minimum absolute atomic E-state index is 0.0639. The van der Waals surface area contributed by atoms with Crippen molar-refractivity contribution in [1.82, 2.24) is 14.9 Å². The molecule has 1 N–H and O–H groups in total. The van der Waals surface area contributed by atoms with Crippen molar-refractivity contribution in [2.75, 3.05) is 5.75 Å². The molecule has 0 spiro atoms. The Labute approximate surface area is 160 Å². The average Bonchev–Trinajstić information content (AvgIpc) is 2.64. The van der Waals surface area contributed by atoms with Crippen molar-refractivity contribution in [3.8, 4) is 0 Å². The van der Waals surface area contributed by atoms with Gasteiger partial charge in [0.05, 0.1) is 5.92 Å². The molecule has 0 bridgehead atoms. The highest BCUT2D eigenvalue weighted by atomic mass is 32.2. The molecule has 3 rings (SSSR count). The fraction of sp³-hybridized carbons (Fsp3) is 0.750. The molecule has 1 atom stereocenters. The number of carbonyl (C=O) groups excluding carboxylic acids is 1. The first-order chi connectivity index (χ1) is 12.7. The quantitative estimate of drug-likeness (QED) is 0.797. The van der Waals surface area contributed by atoms with Crippen LogP contribution in [0.3, 0.4) is 0 Å². The monoisotopic (exact) mass is 377 g/mol. The SMILES string of the molecule is O=C(NC1CCCCCCCCCCC1)C1CSc2nccc(=O)n2C1. The Kier molecular flexibility index (Phi) is 7.59. The summed E-state index contributed by atoms with van der Waals surface area (Å²) in [5.41, 5.74) is -0.0639. The van der Waals surface area contributed by atoms with Gasteiger partial charge >= 0.3 is 0 Å². The number of nitrogens with one attached hydrogen (secondary N) is 1. The summed E-state index contributed by atoms with van der Waals surface area (Å²) >= 11 is 1.51. The first kappa shape index (κ1) is 19.5. The van der Waals surface area contributed by atoms with Gasteiger partial charge in [-0.1, -0.05) is 69.5 Å². The number of amides is 1. The maximum Gasteiger partial charge on any atom is 0.254 e. The Morgan fingerprint density at radius 1 is 1.04 bits per heavy atom. The summed E-state index contributed by atoms with van der Waals surface area (Å²) in [6.45, 7) is 0.452. The predicted molar refractivity (Wildman–Crippen MR) is 105 cm³/mol. The molecular weight excluding hydrogens is 346 g/mol. The number of rotatable bonds is 2. The predicted octanol–water partition coefficient (Wildman–Crippen LogP) is 3.75. The number of nitrogens with zero attached hydrogens (tertiary/aromatic N) is 2. The van der Waals surface area contributed by atoms with E-state index in [0.29, 0.717) is 18.3 Å². The van der Waals surface area contributed by atoms with Crippen LogP contribution in [0, 0.1) is 5.92 Å². The molecule has 2 aliphatic rings. The van der Waals surface area contributed by atoms with Crippen molar-refractivity contribution in [3.63, 3.8) is 0 Å². The van der Waals surface area contributed by atoms with Crippen molar-refractivity contribution in [2.45, 2.75) is 88.4 Å². The lowest BCUT2D eigenvalue weighted by molar-refractivity contribution is -0.125. The number of aromatic nitrogens is 2. The molecule has 5 nitrogen and oxygen atoms in total. The molecule has 1 aromatic heterocycles. The van der Waals surface area contributed by atoms with Gasteiger partial charge < -0.3 is 5.32 Å². The fourth-order valence-electron chi connectivity index (χ4n) is 3.94. The van der Waals surface area contributed by atoms with E-state index in [9.17, 15) is 9.59 Å². The highest BCUT2D eigenvalue weighted by Crippen LogP contribution is 2.25. The zero-order chi connectivity index (χ0) is 18.2. The van der Waals surface area contributed by atoms with Gasteiger partial charge in [-0.3, -0.25) is 14.2 Å². The molecule has 1 unspecified atom stereocenters. The first-order valence-corrected chi connectivity index (χ1v) is 11.2. The van der Waals surface area contributed by atoms with Crippen LogP contribution >= 0.6 is 11.8 Å². The number of hydrogen-bond donors (Lipinski definition) is 1. The summed E-state index contributed by atoms with van der Waals surface area (Å²) in [6.07, 6.45) is 15.4. The second-order valence-electron chi connectivity index (χ2n) is 7.65. The summed E-state index contributed by atoms with van der Waals surface area (Å²) in [5, 5.41) is 4.03. The van der Waals surface area contributed by atoms with Gasteiger partial charge in [-0.25, -0.2) is 4.98 Å².